The molecule has 0 aliphatic rings. The Morgan fingerprint density at radius 1 is 1.21 bits per heavy atom. The molecule has 1 aromatic carbocycles. The molecule has 2 aromatic rings. The van der Waals surface area contributed by atoms with Crippen molar-refractivity contribution < 1.29 is 18.3 Å². The Balaban J connectivity index is 2.39. The molecule has 0 N–H and O–H groups in total. The largest absolute Gasteiger partial charge is 0.443 e. The number of nitrogens with zero attached hydrogens (tertiary/aromatic N) is 2. The van der Waals surface area contributed by atoms with Crippen LogP contribution in [0.2, 0.25) is 0 Å². The molecule has 0 aliphatic carbocycles. The van der Waals surface area contributed by atoms with Crippen LogP contribution in [0.4, 0.5) is 19.4 Å². The van der Waals surface area contributed by atoms with E-state index < -0.39 is 23.3 Å². The van der Waals surface area contributed by atoms with Crippen molar-refractivity contribution >= 4 is 11.9 Å². The van der Waals surface area contributed by atoms with Gasteiger partial charge in [0, 0.05) is 11.8 Å². The second-order valence-corrected chi connectivity index (χ2v) is 6.49. The van der Waals surface area contributed by atoms with Crippen LogP contribution in [-0.4, -0.2) is 16.7 Å². The van der Waals surface area contributed by atoms with E-state index in [9.17, 15) is 13.6 Å². The number of benzene rings is 1. The normalized spacial score (nSPS) is 11.2. The zero-order valence-corrected chi connectivity index (χ0v) is 14.1. The maximum absolute atomic E-state index is 14.0. The van der Waals surface area contributed by atoms with E-state index >= 15 is 0 Å². The number of hydrogen-bond donors (Lipinski definition) is 0. The van der Waals surface area contributed by atoms with E-state index in [1.165, 1.54) is 4.90 Å². The molecule has 0 saturated carbocycles. The van der Waals surface area contributed by atoms with Crippen molar-refractivity contribution in [2.75, 3.05) is 4.90 Å². The summed E-state index contributed by atoms with van der Waals surface area (Å²) in [6.07, 6.45) is 0.869. The van der Waals surface area contributed by atoms with Gasteiger partial charge in [-0.2, -0.15) is 0 Å². The number of halogens is 2. The first kappa shape index (κ1) is 17.8. The molecule has 0 unspecified atom stereocenters. The van der Waals surface area contributed by atoms with Crippen LogP contribution in [0.5, 0.6) is 0 Å². The lowest BCUT2D eigenvalue weighted by Gasteiger charge is -2.27. The predicted octanol–water partition coefficient (Wildman–Crippen LogP) is 4.61. The Labute approximate surface area is 140 Å². The summed E-state index contributed by atoms with van der Waals surface area (Å²) < 4.78 is 32.7. The molecule has 24 heavy (non-hydrogen) atoms. The SMILES string of the molecule is Cc1ccnc(N(Cc2cc(F)ccc2F)C(=O)OC(C)(C)C)c1. The molecular formula is C18H20F2N2O2. The zero-order chi connectivity index (χ0) is 17.9. The van der Waals surface area contributed by atoms with Crippen molar-refractivity contribution in [2.45, 2.75) is 39.8 Å². The maximum Gasteiger partial charge on any atom is 0.416 e. The molecule has 128 valence electrons. The molecule has 6 heteroatoms. The van der Waals surface area contributed by atoms with Gasteiger partial charge >= 0.3 is 6.09 Å². The third kappa shape index (κ3) is 4.75. The van der Waals surface area contributed by atoms with Gasteiger partial charge in [-0.05, 0) is 63.6 Å². The topological polar surface area (TPSA) is 42.4 Å². The first-order valence-corrected chi connectivity index (χ1v) is 7.53. The lowest BCUT2D eigenvalue weighted by molar-refractivity contribution is 0.0576. The van der Waals surface area contributed by atoms with E-state index in [2.05, 4.69) is 4.98 Å². The number of amides is 1. The number of aromatic nitrogens is 1. The highest BCUT2D eigenvalue weighted by atomic mass is 19.1. The van der Waals surface area contributed by atoms with Gasteiger partial charge in [-0.1, -0.05) is 0 Å². The highest BCUT2D eigenvalue weighted by Gasteiger charge is 2.25. The molecule has 1 heterocycles. The fraction of sp³-hybridized carbons (Fsp3) is 0.333. The van der Waals surface area contributed by atoms with E-state index in [1.54, 1.807) is 39.1 Å². The smallest absolute Gasteiger partial charge is 0.416 e. The fourth-order valence-corrected chi connectivity index (χ4v) is 2.06. The van der Waals surface area contributed by atoms with E-state index in [-0.39, 0.29) is 12.1 Å². The highest BCUT2D eigenvalue weighted by Crippen LogP contribution is 2.21. The zero-order valence-electron chi connectivity index (χ0n) is 14.1. The summed E-state index contributed by atoms with van der Waals surface area (Å²) in [5.74, 6) is -0.863. The van der Waals surface area contributed by atoms with Gasteiger partial charge in [0.15, 0.2) is 0 Å². The van der Waals surface area contributed by atoms with Gasteiger partial charge in [-0.25, -0.2) is 18.6 Å². The van der Waals surface area contributed by atoms with Crippen molar-refractivity contribution in [2.24, 2.45) is 0 Å². The van der Waals surface area contributed by atoms with Crippen molar-refractivity contribution in [3.63, 3.8) is 0 Å². The summed E-state index contributed by atoms with van der Waals surface area (Å²) >= 11 is 0. The second kappa shape index (κ2) is 6.95. The van der Waals surface area contributed by atoms with E-state index in [0.717, 1.165) is 23.8 Å². The Bertz CT molecular complexity index is 742. The van der Waals surface area contributed by atoms with Crippen LogP contribution < -0.4 is 4.90 Å². The second-order valence-electron chi connectivity index (χ2n) is 6.49. The van der Waals surface area contributed by atoms with Crippen LogP contribution in [0.1, 0.15) is 31.9 Å². The third-order valence-electron chi connectivity index (χ3n) is 3.13. The monoisotopic (exact) mass is 334 g/mol. The Kier molecular flexibility index (Phi) is 5.17. The molecule has 1 aromatic heterocycles. The lowest BCUT2D eigenvalue weighted by atomic mass is 10.2. The van der Waals surface area contributed by atoms with Gasteiger partial charge in [0.2, 0.25) is 0 Å². The quantitative estimate of drug-likeness (QED) is 0.823. The van der Waals surface area contributed by atoms with Gasteiger partial charge in [0.25, 0.3) is 0 Å². The number of hydrogen-bond acceptors (Lipinski definition) is 3. The standard InChI is InChI=1S/C18H20F2N2O2/c1-12-7-8-21-16(9-12)22(17(23)24-18(2,3)4)11-13-10-14(19)5-6-15(13)20/h5-10H,11H2,1-4H3. The van der Waals surface area contributed by atoms with Crippen molar-refractivity contribution in [1.82, 2.24) is 4.98 Å². The molecule has 0 radical (unpaired) electrons. The van der Waals surface area contributed by atoms with Gasteiger partial charge < -0.3 is 4.74 Å². The van der Waals surface area contributed by atoms with E-state index in [0.29, 0.717) is 5.82 Å². The number of pyridine rings is 1. The number of ether oxygens (including phenoxy) is 1. The summed E-state index contributed by atoms with van der Waals surface area (Å²) in [5.41, 5.74) is 0.206. The van der Waals surface area contributed by atoms with Crippen molar-refractivity contribution in [3.8, 4) is 0 Å². The lowest BCUT2D eigenvalue weighted by Crippen LogP contribution is -2.37. The molecule has 0 aliphatic heterocycles. The number of carbonyl (C=O) groups excluding carboxylic acids is 1. The molecule has 0 saturated heterocycles. The van der Waals surface area contributed by atoms with Crippen LogP contribution in [0.25, 0.3) is 0 Å². The summed E-state index contributed by atoms with van der Waals surface area (Å²) in [5, 5.41) is 0. The molecular weight excluding hydrogens is 314 g/mol. The minimum atomic E-state index is -0.723. The highest BCUT2D eigenvalue weighted by molar-refractivity contribution is 5.86. The Morgan fingerprint density at radius 2 is 1.92 bits per heavy atom. The minimum Gasteiger partial charge on any atom is -0.443 e. The van der Waals surface area contributed by atoms with E-state index in [1.807, 2.05) is 6.92 Å². The summed E-state index contributed by atoms with van der Waals surface area (Å²) in [6, 6.07) is 6.58. The van der Waals surface area contributed by atoms with Gasteiger partial charge in [0.05, 0.1) is 6.54 Å². The van der Waals surface area contributed by atoms with Crippen LogP contribution in [0.15, 0.2) is 36.5 Å². The molecule has 4 nitrogen and oxygen atoms in total. The van der Waals surface area contributed by atoms with Crippen LogP contribution in [0.3, 0.4) is 0 Å². The average Bonchev–Trinajstić information content (AvgIpc) is 2.46. The maximum atomic E-state index is 14.0. The number of carbonyl (C=O) groups is 1. The molecule has 1 amide bonds. The van der Waals surface area contributed by atoms with E-state index in [4.69, 9.17) is 4.74 Å². The summed E-state index contributed by atoms with van der Waals surface area (Å²) in [7, 11) is 0. The number of anilines is 1. The first-order valence-electron chi connectivity index (χ1n) is 7.53. The van der Waals surface area contributed by atoms with Crippen molar-refractivity contribution in [1.29, 1.82) is 0 Å². The minimum absolute atomic E-state index is 0.0455. The molecule has 0 fully saturated rings. The number of aryl methyl sites for hydroxylation is 1. The first-order chi connectivity index (χ1) is 11.2. The average molecular weight is 334 g/mol. The van der Waals surface area contributed by atoms with Gasteiger partial charge in [0.1, 0.15) is 23.1 Å². The Morgan fingerprint density at radius 3 is 2.54 bits per heavy atom. The summed E-state index contributed by atoms with van der Waals surface area (Å²) in [6.45, 7) is 6.86. The molecule has 0 spiro atoms. The van der Waals surface area contributed by atoms with Gasteiger partial charge in [-0.15, -0.1) is 0 Å². The van der Waals surface area contributed by atoms with Crippen LogP contribution >= 0.6 is 0 Å². The number of rotatable bonds is 3. The molecule has 0 bridgehead atoms. The van der Waals surface area contributed by atoms with Crippen LogP contribution in [0, 0.1) is 18.6 Å². The van der Waals surface area contributed by atoms with Crippen molar-refractivity contribution in [3.05, 3.63) is 59.3 Å². The predicted molar refractivity (Wildman–Crippen MR) is 87.7 cm³/mol. The third-order valence-corrected chi connectivity index (χ3v) is 3.13. The Hall–Kier alpha value is -2.50. The van der Waals surface area contributed by atoms with Crippen LogP contribution in [-0.2, 0) is 11.3 Å². The molecule has 2 rings (SSSR count). The fourth-order valence-electron chi connectivity index (χ4n) is 2.06. The van der Waals surface area contributed by atoms with Gasteiger partial charge in [-0.3, -0.25) is 4.90 Å². The summed E-state index contributed by atoms with van der Waals surface area (Å²) in [4.78, 5) is 17.9. The molecule has 0 atom stereocenters.